The molecule has 16 heavy (non-hydrogen) atoms. The van der Waals surface area contributed by atoms with Crippen LogP contribution in [0.25, 0.3) is 0 Å². The minimum absolute atomic E-state index is 0.332. The summed E-state index contributed by atoms with van der Waals surface area (Å²) in [6.45, 7) is 16.6. The van der Waals surface area contributed by atoms with Crippen molar-refractivity contribution in [1.29, 1.82) is 0 Å². The summed E-state index contributed by atoms with van der Waals surface area (Å²) in [6.07, 6.45) is 1.27. The van der Waals surface area contributed by atoms with Crippen molar-refractivity contribution in [2.75, 3.05) is 0 Å². The normalized spacial score (nSPS) is 27.8. The van der Waals surface area contributed by atoms with Crippen molar-refractivity contribution in [1.82, 2.24) is 0 Å². The molecule has 0 aromatic heterocycles. The van der Waals surface area contributed by atoms with Gasteiger partial charge in [-0.25, -0.2) is 0 Å². The van der Waals surface area contributed by atoms with Gasteiger partial charge < -0.3 is 0 Å². The van der Waals surface area contributed by atoms with Gasteiger partial charge in [-0.05, 0) is 24.1 Å². The first-order chi connectivity index (χ1) is 7.20. The molecule has 0 spiro atoms. The Morgan fingerprint density at radius 1 is 1.25 bits per heavy atom. The molecular weight excluding hydrogens is 191 g/mol. The van der Waals surface area contributed by atoms with E-state index in [1.54, 1.807) is 22.2 Å². The fraction of sp³-hybridized carbons (Fsp3) is 0.733. The maximum atomic E-state index is 2.41. The zero-order valence-electron chi connectivity index (χ0n) is 12.0. The van der Waals surface area contributed by atoms with Crippen molar-refractivity contribution in [3.8, 4) is 0 Å². The summed E-state index contributed by atoms with van der Waals surface area (Å²) >= 11 is 0. The zero-order chi connectivity index (χ0) is 12.3. The predicted octanol–water partition coefficient (Wildman–Crippen LogP) is 4.29. The molecule has 1 unspecified atom stereocenters. The molecule has 0 bridgehead atoms. The van der Waals surface area contributed by atoms with Crippen LogP contribution in [-0.4, -0.2) is 7.28 Å². The molecule has 0 aromatic carbocycles. The molecule has 1 aliphatic carbocycles. The van der Waals surface area contributed by atoms with Gasteiger partial charge in [0.2, 0.25) is 0 Å². The standard InChI is InChI=1S/C15H25B/c1-8-10-11(14(3,4)5)9(2)13-12(10)15(6,7)16-13/h10,16H,8H2,1-7H3. The molecule has 2 aliphatic rings. The Balaban J connectivity index is 2.47. The largest absolute Gasteiger partial charge is 0.168 e. The Hall–Kier alpha value is -0.455. The van der Waals surface area contributed by atoms with Crippen LogP contribution >= 0.6 is 0 Å². The molecule has 1 atom stereocenters. The molecule has 0 aromatic rings. The van der Waals surface area contributed by atoms with Crippen LogP contribution in [0.5, 0.6) is 0 Å². The highest BCUT2D eigenvalue weighted by atomic mass is 14.5. The molecule has 1 heterocycles. The smallest absolute Gasteiger partial charge is 0.0810 e. The Bertz CT molecular complexity index is 388. The van der Waals surface area contributed by atoms with E-state index >= 15 is 0 Å². The molecule has 0 nitrogen and oxygen atoms in total. The summed E-state index contributed by atoms with van der Waals surface area (Å²) < 4.78 is 0. The number of allylic oxidation sites excluding steroid dienone is 4. The van der Waals surface area contributed by atoms with Gasteiger partial charge in [-0.15, -0.1) is 0 Å². The summed E-state index contributed by atoms with van der Waals surface area (Å²) in [6, 6.07) is 0. The third-order valence-corrected chi connectivity index (χ3v) is 4.44. The van der Waals surface area contributed by atoms with E-state index in [4.69, 9.17) is 0 Å². The fourth-order valence-corrected chi connectivity index (χ4v) is 4.01. The van der Waals surface area contributed by atoms with E-state index in [1.165, 1.54) is 13.7 Å². The van der Waals surface area contributed by atoms with Gasteiger partial charge >= 0.3 is 0 Å². The molecular formula is C15H25B. The minimum atomic E-state index is 0.332. The number of rotatable bonds is 1. The molecule has 0 fully saturated rings. The highest BCUT2D eigenvalue weighted by Crippen LogP contribution is 2.61. The summed E-state index contributed by atoms with van der Waals surface area (Å²) in [7, 11) is 1.30. The highest BCUT2D eigenvalue weighted by Gasteiger charge is 2.49. The second-order valence-electron chi connectivity index (χ2n) is 7.20. The maximum absolute atomic E-state index is 2.41. The van der Waals surface area contributed by atoms with Gasteiger partial charge in [0, 0.05) is 5.92 Å². The van der Waals surface area contributed by atoms with Crippen molar-refractivity contribution < 1.29 is 0 Å². The van der Waals surface area contributed by atoms with Crippen molar-refractivity contribution in [3.05, 3.63) is 22.2 Å². The molecule has 0 amide bonds. The minimum Gasteiger partial charge on any atom is -0.0810 e. The SMILES string of the molecule is CCC1C(C(C)(C)C)=C(C)C2=C1C(C)(C)B2. The Morgan fingerprint density at radius 2 is 1.81 bits per heavy atom. The summed E-state index contributed by atoms with van der Waals surface area (Å²) in [5.74, 6) is 0.735. The van der Waals surface area contributed by atoms with E-state index in [0.717, 1.165) is 5.92 Å². The monoisotopic (exact) mass is 216 g/mol. The van der Waals surface area contributed by atoms with E-state index in [0.29, 0.717) is 10.7 Å². The van der Waals surface area contributed by atoms with Gasteiger partial charge in [-0.2, -0.15) is 0 Å². The van der Waals surface area contributed by atoms with E-state index in [-0.39, 0.29) is 0 Å². The van der Waals surface area contributed by atoms with Crippen LogP contribution in [0.2, 0.25) is 5.31 Å². The molecule has 0 N–H and O–H groups in total. The van der Waals surface area contributed by atoms with Crippen LogP contribution in [0, 0.1) is 11.3 Å². The topological polar surface area (TPSA) is 0 Å². The van der Waals surface area contributed by atoms with Crippen LogP contribution in [-0.2, 0) is 0 Å². The molecule has 1 aliphatic heterocycles. The number of hydrogen-bond acceptors (Lipinski definition) is 0. The second kappa shape index (κ2) is 3.27. The highest BCUT2D eigenvalue weighted by molar-refractivity contribution is 6.57. The molecule has 88 valence electrons. The molecule has 0 saturated carbocycles. The fourth-order valence-electron chi connectivity index (χ4n) is 4.01. The maximum Gasteiger partial charge on any atom is 0.168 e. The lowest BCUT2D eigenvalue weighted by Gasteiger charge is -2.41. The van der Waals surface area contributed by atoms with E-state index in [9.17, 15) is 0 Å². The second-order valence-corrected chi connectivity index (χ2v) is 7.20. The van der Waals surface area contributed by atoms with Crippen molar-refractivity contribution in [2.45, 2.75) is 60.2 Å². The van der Waals surface area contributed by atoms with Crippen molar-refractivity contribution in [2.24, 2.45) is 11.3 Å². The van der Waals surface area contributed by atoms with Gasteiger partial charge in [0.1, 0.15) is 0 Å². The molecule has 0 radical (unpaired) electrons. The molecule has 2 rings (SSSR count). The average Bonchev–Trinajstić information content (AvgIpc) is 2.34. The third kappa shape index (κ3) is 1.43. The summed E-state index contributed by atoms with van der Waals surface area (Å²) in [5.41, 5.74) is 7.12. The van der Waals surface area contributed by atoms with Gasteiger partial charge in [-0.1, -0.05) is 63.7 Å². The first kappa shape index (κ1) is 12.0. The first-order valence-corrected chi connectivity index (χ1v) is 6.65. The van der Waals surface area contributed by atoms with Crippen LogP contribution in [0.1, 0.15) is 54.9 Å². The van der Waals surface area contributed by atoms with Gasteiger partial charge in [-0.3, -0.25) is 0 Å². The molecule has 0 saturated heterocycles. The predicted molar refractivity (Wildman–Crippen MR) is 74.2 cm³/mol. The zero-order valence-corrected chi connectivity index (χ0v) is 12.0. The van der Waals surface area contributed by atoms with Gasteiger partial charge in [0.15, 0.2) is 7.28 Å². The Labute approximate surface area is 101 Å². The summed E-state index contributed by atoms with van der Waals surface area (Å²) in [5, 5.41) is 0.463. The van der Waals surface area contributed by atoms with Crippen LogP contribution < -0.4 is 0 Å². The lowest BCUT2D eigenvalue weighted by molar-refractivity contribution is 0.430. The van der Waals surface area contributed by atoms with Crippen LogP contribution in [0.4, 0.5) is 0 Å². The number of hydrogen-bond donors (Lipinski definition) is 0. The Kier molecular flexibility index (Phi) is 2.46. The molecule has 1 heteroatoms. The van der Waals surface area contributed by atoms with Crippen LogP contribution in [0.15, 0.2) is 22.2 Å². The lowest BCUT2D eigenvalue weighted by atomic mass is 9.35. The third-order valence-electron chi connectivity index (χ3n) is 4.44. The van der Waals surface area contributed by atoms with E-state index < -0.39 is 0 Å². The van der Waals surface area contributed by atoms with E-state index in [1.807, 2.05) is 0 Å². The first-order valence-electron chi connectivity index (χ1n) is 6.65. The Morgan fingerprint density at radius 3 is 2.19 bits per heavy atom. The summed E-state index contributed by atoms with van der Waals surface area (Å²) in [4.78, 5) is 0. The lowest BCUT2D eigenvalue weighted by Crippen LogP contribution is -2.32. The van der Waals surface area contributed by atoms with E-state index in [2.05, 4.69) is 48.5 Å². The van der Waals surface area contributed by atoms with Gasteiger partial charge in [0.25, 0.3) is 0 Å². The van der Waals surface area contributed by atoms with Crippen LogP contribution in [0.3, 0.4) is 0 Å². The van der Waals surface area contributed by atoms with Gasteiger partial charge in [0.05, 0.1) is 0 Å². The average molecular weight is 216 g/mol. The van der Waals surface area contributed by atoms with Crippen molar-refractivity contribution in [3.63, 3.8) is 0 Å². The van der Waals surface area contributed by atoms with Crippen molar-refractivity contribution >= 4 is 7.28 Å². The quantitative estimate of drug-likeness (QED) is 0.573.